The number of aromatic nitrogens is 1. The van der Waals surface area contributed by atoms with Gasteiger partial charge < -0.3 is 15.5 Å². The molecule has 1 aliphatic rings. The molecular formula is C19H35N5S. The van der Waals surface area contributed by atoms with E-state index in [4.69, 9.17) is 4.98 Å². The molecule has 1 aromatic heterocycles. The predicted octanol–water partition coefficient (Wildman–Crippen LogP) is 3.23. The maximum absolute atomic E-state index is 4.72. The Morgan fingerprint density at radius 2 is 2.04 bits per heavy atom. The molecule has 142 valence electrons. The lowest BCUT2D eigenvalue weighted by molar-refractivity contribution is 0.191. The number of guanidine groups is 1. The lowest BCUT2D eigenvalue weighted by Gasteiger charge is -2.30. The average Bonchev–Trinajstić information content (AvgIpc) is 3.05. The van der Waals surface area contributed by atoms with Crippen molar-refractivity contribution in [2.45, 2.75) is 58.9 Å². The van der Waals surface area contributed by atoms with Gasteiger partial charge in [-0.3, -0.25) is 4.99 Å². The minimum atomic E-state index is 0.112. The van der Waals surface area contributed by atoms with Crippen LogP contribution in [0.15, 0.2) is 10.4 Å². The highest BCUT2D eigenvalue weighted by atomic mass is 32.1. The fraction of sp³-hybridized carbons (Fsp3) is 0.789. The zero-order valence-electron chi connectivity index (χ0n) is 16.6. The zero-order chi connectivity index (χ0) is 18.3. The van der Waals surface area contributed by atoms with Gasteiger partial charge in [-0.15, -0.1) is 11.3 Å². The van der Waals surface area contributed by atoms with Gasteiger partial charge in [0.25, 0.3) is 0 Å². The molecule has 0 aromatic carbocycles. The standard InChI is InChI=1S/C19H35N5S/c1-15-7-11-24(12-8-15)10-6-9-21-18(20-5)22-13-17-23-16(14-25-17)19(2,3)4/h14-15H,6-13H2,1-5H3,(H2,20,21,22). The van der Waals surface area contributed by atoms with Gasteiger partial charge in [-0.25, -0.2) is 4.98 Å². The van der Waals surface area contributed by atoms with E-state index in [1.54, 1.807) is 11.3 Å². The molecule has 2 heterocycles. The Morgan fingerprint density at radius 1 is 1.32 bits per heavy atom. The lowest BCUT2D eigenvalue weighted by Crippen LogP contribution is -2.39. The third-order valence-electron chi connectivity index (χ3n) is 4.77. The Morgan fingerprint density at radius 3 is 2.64 bits per heavy atom. The summed E-state index contributed by atoms with van der Waals surface area (Å²) in [5.41, 5.74) is 1.27. The molecule has 0 bridgehead atoms. The van der Waals surface area contributed by atoms with Crippen molar-refractivity contribution in [2.24, 2.45) is 10.9 Å². The van der Waals surface area contributed by atoms with Crippen molar-refractivity contribution in [2.75, 3.05) is 33.2 Å². The van der Waals surface area contributed by atoms with Gasteiger partial charge in [0, 0.05) is 24.4 Å². The van der Waals surface area contributed by atoms with Gasteiger partial charge in [0.1, 0.15) is 5.01 Å². The van der Waals surface area contributed by atoms with Crippen LogP contribution in [0.1, 0.15) is 57.7 Å². The molecule has 1 saturated heterocycles. The maximum atomic E-state index is 4.72. The second-order valence-electron chi connectivity index (χ2n) is 8.11. The van der Waals surface area contributed by atoms with E-state index in [0.717, 1.165) is 42.1 Å². The van der Waals surface area contributed by atoms with E-state index in [1.165, 1.54) is 32.5 Å². The molecule has 0 amide bonds. The molecular weight excluding hydrogens is 330 g/mol. The first-order valence-electron chi connectivity index (χ1n) is 9.50. The fourth-order valence-electron chi connectivity index (χ4n) is 2.91. The number of piperidine rings is 1. The third-order valence-corrected chi connectivity index (χ3v) is 5.62. The Hall–Kier alpha value is -1.14. The number of thiazole rings is 1. The normalized spacial score (nSPS) is 17.7. The van der Waals surface area contributed by atoms with E-state index in [9.17, 15) is 0 Å². The van der Waals surface area contributed by atoms with Crippen LogP contribution in [-0.2, 0) is 12.0 Å². The highest BCUT2D eigenvalue weighted by Gasteiger charge is 2.17. The number of hydrogen-bond donors (Lipinski definition) is 2. The molecule has 0 spiro atoms. The highest BCUT2D eigenvalue weighted by molar-refractivity contribution is 7.09. The van der Waals surface area contributed by atoms with Gasteiger partial charge in [0.2, 0.25) is 0 Å². The number of nitrogens with zero attached hydrogens (tertiary/aromatic N) is 3. The Bertz CT molecular complexity index is 538. The second kappa shape index (κ2) is 9.53. The van der Waals surface area contributed by atoms with Gasteiger partial charge in [-0.1, -0.05) is 27.7 Å². The lowest BCUT2D eigenvalue weighted by atomic mass is 9.93. The van der Waals surface area contributed by atoms with Crippen LogP contribution in [0, 0.1) is 5.92 Å². The summed E-state index contributed by atoms with van der Waals surface area (Å²) in [6.45, 7) is 14.3. The quantitative estimate of drug-likeness (QED) is 0.462. The van der Waals surface area contributed by atoms with Gasteiger partial charge in [-0.05, 0) is 44.8 Å². The number of likely N-dealkylation sites (tertiary alicyclic amines) is 1. The van der Waals surface area contributed by atoms with Crippen molar-refractivity contribution >= 4 is 17.3 Å². The van der Waals surface area contributed by atoms with Crippen LogP contribution in [0.25, 0.3) is 0 Å². The number of rotatable bonds is 6. The van der Waals surface area contributed by atoms with E-state index in [-0.39, 0.29) is 5.41 Å². The number of hydrogen-bond acceptors (Lipinski definition) is 4. The first-order chi connectivity index (χ1) is 11.9. The monoisotopic (exact) mass is 365 g/mol. The molecule has 2 N–H and O–H groups in total. The SMILES string of the molecule is CN=C(NCCCN1CCC(C)CC1)NCc1nc(C(C)(C)C)cs1. The molecule has 1 fully saturated rings. The molecule has 0 aliphatic carbocycles. The third kappa shape index (κ3) is 6.94. The fourth-order valence-corrected chi connectivity index (χ4v) is 3.87. The van der Waals surface area contributed by atoms with Crippen molar-refractivity contribution in [3.63, 3.8) is 0 Å². The van der Waals surface area contributed by atoms with Crippen LogP contribution in [0.5, 0.6) is 0 Å². The van der Waals surface area contributed by atoms with Crippen molar-refractivity contribution in [3.05, 3.63) is 16.1 Å². The smallest absolute Gasteiger partial charge is 0.191 e. The van der Waals surface area contributed by atoms with Crippen LogP contribution in [-0.4, -0.2) is 49.1 Å². The molecule has 0 atom stereocenters. The van der Waals surface area contributed by atoms with E-state index >= 15 is 0 Å². The van der Waals surface area contributed by atoms with Crippen molar-refractivity contribution < 1.29 is 0 Å². The minimum absolute atomic E-state index is 0.112. The van der Waals surface area contributed by atoms with Crippen LogP contribution in [0.4, 0.5) is 0 Å². The highest BCUT2D eigenvalue weighted by Crippen LogP contribution is 2.23. The molecule has 2 rings (SSSR count). The summed E-state index contributed by atoms with van der Waals surface area (Å²) in [5, 5.41) is 10.0. The van der Waals surface area contributed by atoms with Crippen LogP contribution < -0.4 is 10.6 Å². The first-order valence-corrected chi connectivity index (χ1v) is 10.4. The van der Waals surface area contributed by atoms with Gasteiger partial charge in [-0.2, -0.15) is 0 Å². The summed E-state index contributed by atoms with van der Waals surface area (Å²) in [5.74, 6) is 1.77. The first kappa shape index (κ1) is 20.2. The van der Waals surface area contributed by atoms with Gasteiger partial charge >= 0.3 is 0 Å². The summed E-state index contributed by atoms with van der Waals surface area (Å²) >= 11 is 1.71. The van der Waals surface area contributed by atoms with E-state index in [0.29, 0.717) is 0 Å². The largest absolute Gasteiger partial charge is 0.356 e. The summed E-state index contributed by atoms with van der Waals surface area (Å²) < 4.78 is 0. The topological polar surface area (TPSA) is 52.6 Å². The van der Waals surface area contributed by atoms with Gasteiger partial charge in [0.15, 0.2) is 5.96 Å². The summed E-state index contributed by atoms with van der Waals surface area (Å²) in [4.78, 5) is 11.6. The van der Waals surface area contributed by atoms with Crippen molar-refractivity contribution in [1.29, 1.82) is 0 Å². The molecule has 1 aliphatic heterocycles. The second-order valence-corrected chi connectivity index (χ2v) is 9.05. The minimum Gasteiger partial charge on any atom is -0.356 e. The molecule has 25 heavy (non-hydrogen) atoms. The molecule has 0 saturated carbocycles. The molecule has 1 aromatic rings. The number of aliphatic imine (C=N–C) groups is 1. The maximum Gasteiger partial charge on any atom is 0.191 e. The van der Waals surface area contributed by atoms with E-state index < -0.39 is 0 Å². The van der Waals surface area contributed by atoms with Crippen LogP contribution in [0.2, 0.25) is 0 Å². The molecule has 5 nitrogen and oxygen atoms in total. The average molecular weight is 366 g/mol. The number of nitrogens with one attached hydrogen (secondary N) is 2. The Labute approximate surface area is 157 Å². The molecule has 6 heteroatoms. The zero-order valence-corrected chi connectivity index (χ0v) is 17.4. The van der Waals surface area contributed by atoms with Gasteiger partial charge in [0.05, 0.1) is 12.2 Å². The van der Waals surface area contributed by atoms with Crippen molar-refractivity contribution in [3.8, 4) is 0 Å². The van der Waals surface area contributed by atoms with Crippen LogP contribution in [0.3, 0.4) is 0 Å². The summed E-state index contributed by atoms with van der Waals surface area (Å²) in [6.07, 6.45) is 3.85. The Balaban J connectivity index is 1.64. The Kier molecular flexibility index (Phi) is 7.69. The summed E-state index contributed by atoms with van der Waals surface area (Å²) in [7, 11) is 1.82. The van der Waals surface area contributed by atoms with Crippen molar-refractivity contribution in [1.82, 2.24) is 20.5 Å². The molecule has 0 unspecified atom stereocenters. The van der Waals surface area contributed by atoms with Crippen LogP contribution >= 0.6 is 11.3 Å². The van der Waals surface area contributed by atoms with E-state index in [2.05, 4.69) is 53.6 Å². The van der Waals surface area contributed by atoms with E-state index in [1.807, 2.05) is 7.05 Å². The summed E-state index contributed by atoms with van der Waals surface area (Å²) in [6, 6.07) is 0. The predicted molar refractivity (Wildman–Crippen MR) is 108 cm³/mol. The molecule has 0 radical (unpaired) electrons.